The van der Waals surface area contributed by atoms with Crippen molar-refractivity contribution in [3.8, 4) is 0 Å². The van der Waals surface area contributed by atoms with Gasteiger partial charge in [0.15, 0.2) is 6.23 Å². The molecular formula is C11H18N2O6. The molecule has 1 saturated heterocycles. The van der Waals surface area contributed by atoms with Crippen LogP contribution in [0.2, 0.25) is 0 Å². The van der Waals surface area contributed by atoms with Crippen molar-refractivity contribution in [1.29, 1.82) is 0 Å². The first-order valence-electron chi connectivity index (χ1n) is 5.69. The van der Waals surface area contributed by atoms with Gasteiger partial charge in [0.05, 0.1) is 6.61 Å². The average Bonchev–Trinajstić information content (AvgIpc) is 2.73. The van der Waals surface area contributed by atoms with Crippen LogP contribution in [-0.4, -0.2) is 72.7 Å². The molecule has 19 heavy (non-hydrogen) atoms. The molecular weight excluding hydrogens is 256 g/mol. The maximum Gasteiger partial charge on any atom is 0.256 e. The number of rotatable bonds is 6. The van der Waals surface area contributed by atoms with Crippen molar-refractivity contribution >= 4 is 12.3 Å². The summed E-state index contributed by atoms with van der Waals surface area (Å²) < 4.78 is 10.3. The second-order valence-electron chi connectivity index (χ2n) is 3.91. The van der Waals surface area contributed by atoms with Crippen molar-refractivity contribution < 1.29 is 29.3 Å². The molecule has 0 aromatic heterocycles. The minimum absolute atomic E-state index is 0.297. The monoisotopic (exact) mass is 274 g/mol. The molecule has 1 fully saturated rings. The molecule has 0 aromatic carbocycles. The maximum absolute atomic E-state index is 11.8. The van der Waals surface area contributed by atoms with E-state index < -0.39 is 37.1 Å². The molecule has 1 aliphatic rings. The summed E-state index contributed by atoms with van der Waals surface area (Å²) in [5, 5.41) is 21.5. The Morgan fingerprint density at radius 3 is 2.74 bits per heavy atom. The van der Waals surface area contributed by atoms with E-state index in [1.54, 1.807) is 7.05 Å². The third-order valence-electron chi connectivity index (χ3n) is 2.80. The number of nitrogens with zero attached hydrogens (tertiary/aromatic N) is 1. The lowest BCUT2D eigenvalue weighted by molar-refractivity contribution is -0.156. The average molecular weight is 274 g/mol. The van der Waals surface area contributed by atoms with Crippen LogP contribution in [0.15, 0.2) is 12.3 Å². The van der Waals surface area contributed by atoms with E-state index in [2.05, 4.69) is 5.32 Å². The van der Waals surface area contributed by atoms with Crippen LogP contribution in [0, 0.1) is 0 Å². The van der Waals surface area contributed by atoms with Gasteiger partial charge in [-0.3, -0.25) is 14.5 Å². The molecule has 0 saturated carbocycles. The minimum Gasteiger partial charge on any atom is -0.394 e. The first-order chi connectivity index (χ1) is 9.10. The van der Waals surface area contributed by atoms with E-state index in [0.717, 1.165) is 11.0 Å². The number of carbonyl (C=O) groups is 2. The van der Waals surface area contributed by atoms with Crippen LogP contribution in [0.25, 0.3) is 0 Å². The molecule has 8 nitrogen and oxygen atoms in total. The van der Waals surface area contributed by atoms with E-state index in [-0.39, 0.29) is 0 Å². The minimum atomic E-state index is -1.12. The predicted molar refractivity (Wildman–Crippen MR) is 63.7 cm³/mol. The molecule has 1 aliphatic heterocycles. The van der Waals surface area contributed by atoms with Crippen molar-refractivity contribution in [1.82, 2.24) is 10.2 Å². The molecule has 0 radical (unpaired) electrons. The van der Waals surface area contributed by atoms with Gasteiger partial charge in [0.1, 0.15) is 18.3 Å². The zero-order chi connectivity index (χ0) is 14.4. The van der Waals surface area contributed by atoms with Crippen molar-refractivity contribution in [3.05, 3.63) is 12.3 Å². The quantitative estimate of drug-likeness (QED) is 0.372. The number of carbonyl (C=O) groups excluding carboxylic acids is 2. The van der Waals surface area contributed by atoms with Crippen LogP contribution in [0.3, 0.4) is 0 Å². The lowest BCUT2D eigenvalue weighted by atomic mass is 10.1. The largest absolute Gasteiger partial charge is 0.394 e. The highest BCUT2D eigenvalue weighted by Gasteiger charge is 2.47. The van der Waals surface area contributed by atoms with E-state index in [4.69, 9.17) is 14.6 Å². The fourth-order valence-electron chi connectivity index (χ4n) is 1.83. The Hall–Kier alpha value is -1.48. The van der Waals surface area contributed by atoms with Gasteiger partial charge in [0.2, 0.25) is 6.41 Å². The fourth-order valence-corrected chi connectivity index (χ4v) is 1.83. The van der Waals surface area contributed by atoms with Gasteiger partial charge >= 0.3 is 0 Å². The van der Waals surface area contributed by atoms with E-state index >= 15 is 0 Å². The molecule has 0 bridgehead atoms. The molecule has 1 heterocycles. The zero-order valence-corrected chi connectivity index (χ0v) is 10.7. The molecule has 4 atom stereocenters. The van der Waals surface area contributed by atoms with Crippen LogP contribution in [0.4, 0.5) is 0 Å². The Morgan fingerprint density at radius 1 is 1.58 bits per heavy atom. The number of aliphatic hydroxyl groups excluding tert-OH is 2. The fraction of sp³-hybridized carbons (Fsp3) is 0.636. The van der Waals surface area contributed by atoms with Gasteiger partial charge in [-0.25, -0.2) is 0 Å². The summed E-state index contributed by atoms with van der Waals surface area (Å²) in [7, 11) is 2.92. The molecule has 3 N–H and O–H groups in total. The summed E-state index contributed by atoms with van der Waals surface area (Å²) >= 11 is 0. The smallest absolute Gasteiger partial charge is 0.256 e. The van der Waals surface area contributed by atoms with Gasteiger partial charge in [0, 0.05) is 26.4 Å². The van der Waals surface area contributed by atoms with Crippen molar-refractivity contribution in [3.63, 3.8) is 0 Å². The summed E-state index contributed by atoms with van der Waals surface area (Å²) in [6, 6.07) is 0. The summed E-state index contributed by atoms with van der Waals surface area (Å²) in [5.74, 6) is -0.623. The van der Waals surface area contributed by atoms with Gasteiger partial charge < -0.3 is 25.0 Å². The lowest BCUT2D eigenvalue weighted by Crippen LogP contribution is -2.47. The van der Waals surface area contributed by atoms with E-state index in [0.29, 0.717) is 6.41 Å². The highest BCUT2D eigenvalue weighted by atomic mass is 16.6. The van der Waals surface area contributed by atoms with E-state index in [9.17, 15) is 14.7 Å². The maximum atomic E-state index is 11.8. The number of aliphatic hydroxyl groups is 2. The summed E-state index contributed by atoms with van der Waals surface area (Å²) in [6.45, 7) is -0.440. The van der Waals surface area contributed by atoms with Crippen LogP contribution >= 0.6 is 0 Å². The molecule has 4 unspecified atom stereocenters. The Bertz CT molecular complexity index is 348. The Morgan fingerprint density at radius 2 is 2.26 bits per heavy atom. The molecule has 0 spiro atoms. The molecule has 0 aromatic rings. The number of ether oxygens (including phenoxy) is 2. The Kier molecular flexibility index (Phi) is 5.90. The molecule has 2 amide bonds. The van der Waals surface area contributed by atoms with Crippen LogP contribution in [-0.2, 0) is 19.1 Å². The number of methoxy groups -OCH3 is 1. The van der Waals surface area contributed by atoms with Crippen LogP contribution in [0.5, 0.6) is 0 Å². The van der Waals surface area contributed by atoms with Crippen molar-refractivity contribution in [2.24, 2.45) is 0 Å². The summed E-state index contributed by atoms with van der Waals surface area (Å²) in [6.07, 6.45) is -1.22. The van der Waals surface area contributed by atoms with Crippen molar-refractivity contribution in [2.45, 2.75) is 24.5 Å². The predicted octanol–water partition coefficient (Wildman–Crippen LogP) is -2.20. The van der Waals surface area contributed by atoms with Gasteiger partial charge in [0.25, 0.3) is 5.91 Å². The van der Waals surface area contributed by atoms with Gasteiger partial charge in [-0.2, -0.15) is 0 Å². The van der Waals surface area contributed by atoms with Gasteiger partial charge in [-0.05, 0) is 0 Å². The zero-order valence-electron chi connectivity index (χ0n) is 10.7. The number of hydrogen-bond acceptors (Lipinski definition) is 7. The van der Waals surface area contributed by atoms with E-state index in [1.165, 1.54) is 13.3 Å². The highest BCUT2D eigenvalue weighted by molar-refractivity contribution is 5.94. The number of imide groups is 1. The normalized spacial score (nSPS) is 30.5. The summed E-state index contributed by atoms with van der Waals surface area (Å²) in [4.78, 5) is 23.6. The topological polar surface area (TPSA) is 108 Å². The Balaban J connectivity index is 2.88. The standard InChI is InChI=1S/C11H18N2O6/c1-12-4-3-8(16)13(6-15)11-10(18-2)9(17)7(5-14)19-11/h3-4,6-7,9-12,14,17H,5H2,1-2H3/b4-3-. The van der Waals surface area contributed by atoms with Crippen molar-refractivity contribution in [2.75, 3.05) is 20.8 Å². The second-order valence-corrected chi connectivity index (χ2v) is 3.91. The van der Waals surface area contributed by atoms with Crippen LogP contribution in [0.1, 0.15) is 0 Å². The first-order valence-corrected chi connectivity index (χ1v) is 5.69. The number of amides is 2. The summed E-state index contributed by atoms with van der Waals surface area (Å²) in [5.41, 5.74) is 0. The molecule has 108 valence electrons. The lowest BCUT2D eigenvalue weighted by Gasteiger charge is -2.25. The van der Waals surface area contributed by atoms with Gasteiger partial charge in [-0.15, -0.1) is 0 Å². The first kappa shape index (κ1) is 15.6. The SMILES string of the molecule is CN/C=C\C(=O)N(C=O)C1OC(CO)C(O)C1OC. The van der Waals surface area contributed by atoms with E-state index in [1.807, 2.05) is 0 Å². The molecule has 0 aliphatic carbocycles. The van der Waals surface area contributed by atoms with Gasteiger partial charge in [-0.1, -0.05) is 0 Å². The second kappa shape index (κ2) is 7.19. The third-order valence-corrected chi connectivity index (χ3v) is 2.80. The number of hydrogen-bond donors (Lipinski definition) is 3. The molecule has 8 heteroatoms. The number of nitrogens with one attached hydrogen (secondary N) is 1. The third kappa shape index (κ3) is 3.29. The highest BCUT2D eigenvalue weighted by Crippen LogP contribution is 2.25. The molecule has 1 rings (SSSR count). The van der Waals surface area contributed by atoms with Crippen LogP contribution < -0.4 is 5.32 Å². The Labute approximate surface area is 110 Å².